The van der Waals surface area contributed by atoms with Gasteiger partial charge in [0.1, 0.15) is 10.1 Å². The highest BCUT2D eigenvalue weighted by Crippen LogP contribution is 2.38. The average Bonchev–Trinajstić information content (AvgIpc) is 3.44. The Morgan fingerprint density at radius 3 is 2.50 bits per heavy atom. The zero-order valence-electron chi connectivity index (χ0n) is 20.7. The van der Waals surface area contributed by atoms with Crippen LogP contribution in [0.3, 0.4) is 0 Å². The summed E-state index contributed by atoms with van der Waals surface area (Å²) in [5.41, 5.74) is 3.64. The molecule has 1 aliphatic heterocycles. The summed E-state index contributed by atoms with van der Waals surface area (Å²) in [7, 11) is 0. The zero-order valence-corrected chi connectivity index (χ0v) is 22.4. The molecule has 0 unspecified atom stereocenters. The minimum Gasteiger partial charge on any atom is -0.493 e. The molecule has 36 heavy (non-hydrogen) atoms. The molecule has 5 nitrogen and oxygen atoms in total. The third-order valence-corrected chi connectivity index (χ3v) is 7.85. The number of carbonyl (C=O) groups is 1. The lowest BCUT2D eigenvalue weighted by Gasteiger charge is -2.29. The summed E-state index contributed by atoms with van der Waals surface area (Å²) in [4.78, 5) is 15.9. The van der Waals surface area contributed by atoms with E-state index in [0.717, 1.165) is 53.9 Å². The van der Waals surface area contributed by atoms with E-state index in [1.807, 2.05) is 76.5 Å². The molecule has 2 heterocycles. The van der Waals surface area contributed by atoms with Gasteiger partial charge in [-0.2, -0.15) is 5.10 Å². The van der Waals surface area contributed by atoms with E-state index in [4.69, 9.17) is 22.1 Å². The predicted molar refractivity (Wildman–Crippen MR) is 151 cm³/mol. The van der Waals surface area contributed by atoms with Gasteiger partial charge in [0.25, 0.3) is 5.91 Å². The van der Waals surface area contributed by atoms with Gasteiger partial charge < -0.3 is 4.74 Å². The molecule has 2 aromatic carbocycles. The Morgan fingerprint density at radius 2 is 1.81 bits per heavy atom. The molecule has 1 saturated heterocycles. The molecule has 0 atom stereocenters. The van der Waals surface area contributed by atoms with Crippen molar-refractivity contribution in [2.24, 2.45) is 5.92 Å². The van der Waals surface area contributed by atoms with E-state index in [1.165, 1.54) is 18.2 Å². The SMILES string of the molecule is CC(C)COc1ccc(-c2nn(-c3ccccc3)cc2/C=C2\SC(=S)N(C3CCCCC3)C2=O)cc1. The zero-order chi connectivity index (χ0) is 25.1. The Labute approximate surface area is 222 Å². The van der Waals surface area contributed by atoms with Gasteiger partial charge in [0, 0.05) is 23.4 Å². The number of benzene rings is 2. The first-order valence-electron chi connectivity index (χ1n) is 12.6. The summed E-state index contributed by atoms with van der Waals surface area (Å²) in [5.74, 6) is 1.32. The Hall–Kier alpha value is -2.90. The Morgan fingerprint density at radius 1 is 1.08 bits per heavy atom. The predicted octanol–water partition coefficient (Wildman–Crippen LogP) is 7.11. The van der Waals surface area contributed by atoms with Gasteiger partial charge >= 0.3 is 0 Å². The molecule has 5 rings (SSSR count). The van der Waals surface area contributed by atoms with Crippen LogP contribution in [-0.4, -0.2) is 37.6 Å². The largest absolute Gasteiger partial charge is 0.493 e. The fraction of sp³-hybridized carbons (Fsp3) is 0.345. The van der Waals surface area contributed by atoms with Crippen molar-refractivity contribution in [3.63, 3.8) is 0 Å². The molecule has 7 heteroatoms. The highest BCUT2D eigenvalue weighted by molar-refractivity contribution is 8.26. The van der Waals surface area contributed by atoms with Gasteiger partial charge in [0.05, 0.1) is 22.9 Å². The number of amides is 1. The molecule has 3 aromatic rings. The number of carbonyl (C=O) groups excluding carboxylic acids is 1. The number of rotatable bonds is 7. The molecular weight excluding hydrogens is 486 g/mol. The van der Waals surface area contributed by atoms with Crippen LogP contribution in [-0.2, 0) is 4.79 Å². The molecule has 0 spiro atoms. The van der Waals surface area contributed by atoms with Gasteiger partial charge in [0.15, 0.2) is 0 Å². The summed E-state index contributed by atoms with van der Waals surface area (Å²) >= 11 is 7.05. The first-order valence-corrected chi connectivity index (χ1v) is 13.9. The fourth-order valence-electron chi connectivity index (χ4n) is 4.68. The number of para-hydroxylation sites is 1. The number of nitrogens with zero attached hydrogens (tertiary/aromatic N) is 3. The molecular formula is C29H31N3O2S2. The molecule has 2 aliphatic rings. The van der Waals surface area contributed by atoms with Crippen molar-refractivity contribution in [3.05, 3.63) is 71.3 Å². The molecule has 0 N–H and O–H groups in total. The van der Waals surface area contributed by atoms with Gasteiger partial charge in [-0.3, -0.25) is 9.69 Å². The number of hydrogen-bond donors (Lipinski definition) is 0. The van der Waals surface area contributed by atoms with E-state index < -0.39 is 0 Å². The van der Waals surface area contributed by atoms with Crippen LogP contribution in [0, 0.1) is 5.92 Å². The van der Waals surface area contributed by atoms with Gasteiger partial charge in [-0.05, 0) is 61.2 Å². The third-order valence-electron chi connectivity index (χ3n) is 6.52. The molecule has 1 amide bonds. The van der Waals surface area contributed by atoms with Crippen molar-refractivity contribution < 1.29 is 9.53 Å². The molecule has 1 saturated carbocycles. The molecule has 1 aliphatic carbocycles. The highest BCUT2D eigenvalue weighted by atomic mass is 32.2. The van der Waals surface area contributed by atoms with Crippen LogP contribution in [0.1, 0.15) is 51.5 Å². The van der Waals surface area contributed by atoms with E-state index >= 15 is 0 Å². The van der Waals surface area contributed by atoms with Crippen molar-refractivity contribution in [1.82, 2.24) is 14.7 Å². The van der Waals surface area contributed by atoms with Crippen molar-refractivity contribution in [2.45, 2.75) is 52.0 Å². The average molecular weight is 518 g/mol. The van der Waals surface area contributed by atoms with Crippen molar-refractivity contribution >= 4 is 40.3 Å². The lowest BCUT2D eigenvalue weighted by Crippen LogP contribution is -2.39. The maximum Gasteiger partial charge on any atom is 0.266 e. The number of hydrogen-bond acceptors (Lipinski definition) is 5. The summed E-state index contributed by atoms with van der Waals surface area (Å²) in [6.45, 7) is 4.94. The third kappa shape index (κ3) is 5.42. The summed E-state index contributed by atoms with van der Waals surface area (Å²) in [6.07, 6.45) is 9.56. The first-order chi connectivity index (χ1) is 17.5. The van der Waals surface area contributed by atoms with Crippen LogP contribution < -0.4 is 4.74 Å². The summed E-state index contributed by atoms with van der Waals surface area (Å²) < 4.78 is 8.40. The normalized spacial score (nSPS) is 18.0. The van der Waals surface area contributed by atoms with Crippen molar-refractivity contribution in [2.75, 3.05) is 6.61 Å². The van der Waals surface area contributed by atoms with Crippen LogP contribution in [0.25, 0.3) is 23.0 Å². The van der Waals surface area contributed by atoms with Gasteiger partial charge in [-0.15, -0.1) is 0 Å². The van der Waals surface area contributed by atoms with E-state index in [9.17, 15) is 4.79 Å². The number of thioether (sulfide) groups is 1. The number of thiocarbonyl (C=S) groups is 1. The van der Waals surface area contributed by atoms with E-state index in [1.54, 1.807) is 0 Å². The van der Waals surface area contributed by atoms with Crippen LogP contribution >= 0.6 is 24.0 Å². The van der Waals surface area contributed by atoms with E-state index in [2.05, 4.69) is 13.8 Å². The number of aromatic nitrogens is 2. The second-order valence-corrected chi connectivity index (χ2v) is 11.5. The smallest absolute Gasteiger partial charge is 0.266 e. The standard InChI is InChI=1S/C29H31N3O2S2/c1-20(2)19-34-25-15-13-21(14-16-25)27-22(18-31(30-27)23-9-5-3-6-10-23)17-26-28(33)32(29(35)36-26)24-11-7-4-8-12-24/h3,5-6,9-10,13-18,20,24H,4,7-8,11-12,19H2,1-2H3/b26-17-. The number of ether oxygens (including phenoxy) is 1. The van der Waals surface area contributed by atoms with Gasteiger partial charge in [0.2, 0.25) is 0 Å². The maximum absolute atomic E-state index is 13.4. The molecule has 1 aromatic heterocycles. The maximum atomic E-state index is 13.4. The lowest BCUT2D eigenvalue weighted by atomic mass is 9.94. The Balaban J connectivity index is 1.48. The van der Waals surface area contributed by atoms with E-state index in [-0.39, 0.29) is 11.9 Å². The molecule has 186 valence electrons. The molecule has 0 radical (unpaired) electrons. The monoisotopic (exact) mass is 517 g/mol. The minimum atomic E-state index is 0.0211. The van der Waals surface area contributed by atoms with Crippen LogP contribution in [0.2, 0.25) is 0 Å². The lowest BCUT2D eigenvalue weighted by molar-refractivity contribution is -0.124. The van der Waals surface area contributed by atoms with Gasteiger partial charge in [-0.1, -0.05) is 75.3 Å². The van der Waals surface area contributed by atoms with E-state index in [0.29, 0.717) is 21.8 Å². The van der Waals surface area contributed by atoms with Gasteiger partial charge in [-0.25, -0.2) is 4.68 Å². The fourth-order valence-corrected chi connectivity index (χ4v) is 6.07. The molecule has 0 bridgehead atoms. The van der Waals surface area contributed by atoms with Crippen LogP contribution in [0.15, 0.2) is 65.7 Å². The quantitative estimate of drug-likeness (QED) is 0.247. The second kappa shape index (κ2) is 11.0. The minimum absolute atomic E-state index is 0.0211. The second-order valence-electron chi connectivity index (χ2n) is 9.79. The topological polar surface area (TPSA) is 47.4 Å². The molecule has 2 fully saturated rings. The van der Waals surface area contributed by atoms with Crippen LogP contribution in [0.4, 0.5) is 0 Å². The summed E-state index contributed by atoms with van der Waals surface area (Å²) in [5, 5.41) is 4.91. The van der Waals surface area contributed by atoms with Crippen LogP contribution in [0.5, 0.6) is 5.75 Å². The first kappa shape index (κ1) is 24.8. The Kier molecular flexibility index (Phi) is 7.58. The summed E-state index contributed by atoms with van der Waals surface area (Å²) in [6, 6.07) is 18.2. The van der Waals surface area contributed by atoms with Crippen molar-refractivity contribution in [1.29, 1.82) is 0 Å². The highest BCUT2D eigenvalue weighted by Gasteiger charge is 2.37. The Bertz CT molecular complexity index is 1260. The van der Waals surface area contributed by atoms with Crippen molar-refractivity contribution in [3.8, 4) is 22.7 Å².